The minimum Gasteiger partial charge on any atom is -0.349 e. The highest BCUT2D eigenvalue weighted by Gasteiger charge is 2.16. The van der Waals surface area contributed by atoms with Crippen molar-refractivity contribution in [2.45, 2.75) is 26.8 Å². The maximum Gasteiger partial charge on any atom is 0.262 e. The van der Waals surface area contributed by atoms with Crippen LogP contribution in [0.25, 0.3) is 11.8 Å². The normalized spacial score (nSPS) is 11.4. The average Bonchev–Trinajstić information content (AvgIpc) is 2.80. The Morgan fingerprint density at radius 1 is 1.39 bits per heavy atom. The van der Waals surface area contributed by atoms with Gasteiger partial charge in [-0.25, -0.2) is 4.68 Å². The Morgan fingerprint density at radius 3 is 2.61 bits per heavy atom. The standard InChI is InChI=1S/C17H17ClN4O/c1-11(2)20-17(23)13(10-19)9-15-12(3)21-22(16(15)18)14-7-5-4-6-8-14/h4-9,11H,1-3H3,(H,20,23)/b13-9+. The zero-order valence-corrected chi connectivity index (χ0v) is 13.9. The second kappa shape index (κ2) is 7.12. The highest BCUT2D eigenvalue weighted by Crippen LogP contribution is 2.25. The zero-order valence-electron chi connectivity index (χ0n) is 13.2. The topological polar surface area (TPSA) is 70.7 Å². The predicted molar refractivity (Wildman–Crippen MR) is 90.2 cm³/mol. The van der Waals surface area contributed by atoms with Crippen LogP contribution in [0, 0.1) is 18.3 Å². The van der Waals surface area contributed by atoms with E-state index < -0.39 is 5.91 Å². The molecule has 6 heteroatoms. The van der Waals surface area contributed by atoms with Gasteiger partial charge in [-0.15, -0.1) is 0 Å². The number of hydrogen-bond donors (Lipinski definition) is 1. The van der Waals surface area contributed by atoms with E-state index in [0.717, 1.165) is 5.69 Å². The van der Waals surface area contributed by atoms with Crippen LogP contribution in [0.3, 0.4) is 0 Å². The summed E-state index contributed by atoms with van der Waals surface area (Å²) in [7, 11) is 0. The Kier molecular flexibility index (Phi) is 5.20. The third-order valence-corrected chi connectivity index (χ3v) is 3.49. The molecule has 0 saturated carbocycles. The minimum absolute atomic E-state index is 0.00342. The number of hydrogen-bond acceptors (Lipinski definition) is 3. The summed E-state index contributed by atoms with van der Waals surface area (Å²) in [6.07, 6.45) is 1.47. The van der Waals surface area contributed by atoms with Crippen LogP contribution in [0.4, 0.5) is 0 Å². The van der Waals surface area contributed by atoms with Crippen molar-refractivity contribution in [3.05, 3.63) is 52.3 Å². The van der Waals surface area contributed by atoms with Crippen molar-refractivity contribution in [1.82, 2.24) is 15.1 Å². The lowest BCUT2D eigenvalue weighted by Gasteiger charge is -2.07. The Hall–Kier alpha value is -2.58. The average molecular weight is 329 g/mol. The van der Waals surface area contributed by atoms with Crippen LogP contribution in [0.1, 0.15) is 25.1 Å². The fourth-order valence-corrected chi connectivity index (χ4v) is 2.37. The molecule has 1 amide bonds. The van der Waals surface area contributed by atoms with Crippen molar-refractivity contribution in [2.75, 3.05) is 0 Å². The van der Waals surface area contributed by atoms with Crippen molar-refractivity contribution in [1.29, 1.82) is 5.26 Å². The van der Waals surface area contributed by atoms with E-state index in [0.29, 0.717) is 16.4 Å². The predicted octanol–water partition coefficient (Wildman–Crippen LogP) is 3.27. The number of aryl methyl sites for hydroxylation is 1. The first kappa shape index (κ1) is 16.8. The fourth-order valence-electron chi connectivity index (χ4n) is 2.05. The second-order valence-corrected chi connectivity index (χ2v) is 5.69. The van der Waals surface area contributed by atoms with Crippen LogP contribution in [0.5, 0.6) is 0 Å². The molecule has 0 radical (unpaired) electrons. The molecule has 1 aromatic heterocycles. The first-order valence-corrected chi connectivity index (χ1v) is 7.55. The number of para-hydroxylation sites is 1. The smallest absolute Gasteiger partial charge is 0.262 e. The summed E-state index contributed by atoms with van der Waals surface area (Å²) in [6, 6.07) is 11.3. The summed E-state index contributed by atoms with van der Waals surface area (Å²) in [4.78, 5) is 12.0. The molecule has 0 atom stereocenters. The van der Waals surface area contributed by atoms with Gasteiger partial charge in [0.25, 0.3) is 5.91 Å². The molecule has 1 N–H and O–H groups in total. The largest absolute Gasteiger partial charge is 0.349 e. The number of amides is 1. The van der Waals surface area contributed by atoms with Gasteiger partial charge in [-0.2, -0.15) is 10.4 Å². The van der Waals surface area contributed by atoms with Crippen molar-refractivity contribution in [2.24, 2.45) is 0 Å². The number of nitriles is 1. The van der Waals surface area contributed by atoms with Gasteiger partial charge in [0.15, 0.2) is 0 Å². The van der Waals surface area contributed by atoms with E-state index in [4.69, 9.17) is 11.6 Å². The second-order valence-electron chi connectivity index (χ2n) is 5.34. The van der Waals surface area contributed by atoms with Gasteiger partial charge in [0, 0.05) is 11.6 Å². The van der Waals surface area contributed by atoms with Crippen LogP contribution in [0.15, 0.2) is 35.9 Å². The first-order valence-electron chi connectivity index (χ1n) is 7.17. The molecule has 2 rings (SSSR count). The van der Waals surface area contributed by atoms with E-state index in [9.17, 15) is 10.1 Å². The molecule has 0 fully saturated rings. The molecule has 1 heterocycles. The Bertz CT molecular complexity index is 785. The lowest BCUT2D eigenvalue weighted by atomic mass is 10.1. The first-order chi connectivity index (χ1) is 10.9. The number of nitrogens with one attached hydrogen (secondary N) is 1. The third kappa shape index (κ3) is 3.79. The SMILES string of the molecule is Cc1nn(-c2ccccc2)c(Cl)c1/C=C(\C#N)C(=O)NC(C)C. The summed E-state index contributed by atoms with van der Waals surface area (Å²) in [5.74, 6) is -0.426. The molecule has 5 nitrogen and oxygen atoms in total. The quantitative estimate of drug-likeness (QED) is 0.691. The highest BCUT2D eigenvalue weighted by atomic mass is 35.5. The molecule has 0 aliphatic carbocycles. The third-order valence-electron chi connectivity index (χ3n) is 3.12. The summed E-state index contributed by atoms with van der Waals surface area (Å²) < 4.78 is 1.58. The Morgan fingerprint density at radius 2 is 2.04 bits per heavy atom. The molecule has 1 aromatic carbocycles. The lowest BCUT2D eigenvalue weighted by molar-refractivity contribution is -0.117. The van der Waals surface area contributed by atoms with E-state index in [-0.39, 0.29) is 11.6 Å². The lowest BCUT2D eigenvalue weighted by Crippen LogP contribution is -2.30. The maximum atomic E-state index is 12.0. The number of benzene rings is 1. The number of carbonyl (C=O) groups is 1. The molecule has 2 aromatic rings. The molecule has 23 heavy (non-hydrogen) atoms. The van der Waals surface area contributed by atoms with Crippen LogP contribution >= 0.6 is 11.6 Å². The van der Waals surface area contributed by atoms with Gasteiger partial charge in [-0.1, -0.05) is 29.8 Å². The summed E-state index contributed by atoms with van der Waals surface area (Å²) >= 11 is 6.39. The van der Waals surface area contributed by atoms with Crippen molar-refractivity contribution < 1.29 is 4.79 Å². The molecule has 0 saturated heterocycles. The summed E-state index contributed by atoms with van der Waals surface area (Å²) in [6.45, 7) is 5.45. The number of nitrogens with zero attached hydrogens (tertiary/aromatic N) is 3. The minimum atomic E-state index is -0.426. The molecule has 0 aliphatic heterocycles. The highest BCUT2D eigenvalue weighted by molar-refractivity contribution is 6.31. The van der Waals surface area contributed by atoms with Gasteiger partial charge in [0.2, 0.25) is 0 Å². The van der Waals surface area contributed by atoms with Gasteiger partial charge < -0.3 is 5.32 Å². The molecule has 0 bridgehead atoms. The monoisotopic (exact) mass is 328 g/mol. The molecule has 0 aliphatic rings. The number of carbonyl (C=O) groups excluding carboxylic acids is 1. The number of aromatic nitrogens is 2. The van der Waals surface area contributed by atoms with Gasteiger partial charge in [-0.3, -0.25) is 4.79 Å². The van der Waals surface area contributed by atoms with Gasteiger partial charge in [0.05, 0.1) is 11.4 Å². The van der Waals surface area contributed by atoms with E-state index in [1.54, 1.807) is 11.6 Å². The molecular weight excluding hydrogens is 312 g/mol. The van der Waals surface area contributed by atoms with E-state index in [2.05, 4.69) is 10.4 Å². The molecule has 0 unspecified atom stereocenters. The summed E-state index contributed by atoms with van der Waals surface area (Å²) in [5.41, 5.74) is 2.01. The van der Waals surface area contributed by atoms with Crippen LogP contribution in [-0.4, -0.2) is 21.7 Å². The van der Waals surface area contributed by atoms with Crippen molar-refractivity contribution in [3.63, 3.8) is 0 Å². The molecular formula is C17H17ClN4O. The van der Waals surface area contributed by atoms with Gasteiger partial charge in [0.1, 0.15) is 16.8 Å². The molecule has 0 spiro atoms. The van der Waals surface area contributed by atoms with Crippen LogP contribution in [-0.2, 0) is 4.79 Å². The number of halogens is 1. The van der Waals surface area contributed by atoms with Crippen LogP contribution in [0.2, 0.25) is 5.15 Å². The fraction of sp³-hybridized carbons (Fsp3) is 0.235. The van der Waals surface area contributed by atoms with E-state index in [1.165, 1.54) is 6.08 Å². The van der Waals surface area contributed by atoms with Crippen LogP contribution < -0.4 is 5.32 Å². The Labute approximate surface area is 140 Å². The van der Waals surface area contributed by atoms with Crippen molar-refractivity contribution >= 4 is 23.6 Å². The Balaban J connectivity index is 2.45. The van der Waals surface area contributed by atoms with Crippen molar-refractivity contribution in [3.8, 4) is 11.8 Å². The summed E-state index contributed by atoms with van der Waals surface area (Å²) in [5, 5.41) is 16.7. The van der Waals surface area contributed by atoms with E-state index in [1.807, 2.05) is 50.2 Å². The maximum absolute atomic E-state index is 12.0. The van der Waals surface area contributed by atoms with Gasteiger partial charge >= 0.3 is 0 Å². The van der Waals surface area contributed by atoms with Gasteiger partial charge in [-0.05, 0) is 39.0 Å². The van der Waals surface area contributed by atoms with E-state index >= 15 is 0 Å². The molecule has 118 valence electrons. The zero-order chi connectivity index (χ0) is 17.0. The number of rotatable bonds is 4.